The molecule has 0 spiro atoms. The van der Waals surface area contributed by atoms with Crippen LogP contribution in [-0.4, -0.2) is 31.0 Å². The van der Waals surface area contributed by atoms with Crippen molar-refractivity contribution in [1.82, 2.24) is 15.1 Å². The number of halogens is 6. The Balaban J connectivity index is 0.00000532. The Morgan fingerprint density at radius 2 is 1.68 bits per heavy atom. The van der Waals surface area contributed by atoms with E-state index in [1.54, 1.807) is 47.8 Å². The molecule has 56 heavy (non-hydrogen) atoms. The molecule has 7 aromatic rings. The number of hydrogen-bond acceptors (Lipinski definition) is 7. The minimum absolute atomic E-state index is 0. The van der Waals surface area contributed by atoms with Crippen LogP contribution in [0.4, 0.5) is 17.6 Å². The summed E-state index contributed by atoms with van der Waals surface area (Å²) in [5.41, 5.74) is -0.434. The summed E-state index contributed by atoms with van der Waals surface area (Å²) in [6.07, 6.45) is -0.731. The van der Waals surface area contributed by atoms with Crippen LogP contribution in [0.15, 0.2) is 131 Å². The minimum Gasteiger partial charge on any atom is -0.854 e. The Morgan fingerprint density at radius 3 is 2.39 bits per heavy atom. The molecule has 0 bridgehead atoms. The number of pyridine rings is 2. The second kappa shape index (κ2) is 17.6. The summed E-state index contributed by atoms with van der Waals surface area (Å²) in [5, 5.41) is 41.9. The average molecular weight is 1130 g/mol. The van der Waals surface area contributed by atoms with Crippen LogP contribution in [-0.2, 0) is 6.18 Å². The van der Waals surface area contributed by atoms with Crippen molar-refractivity contribution < 1.29 is 63.4 Å². The van der Waals surface area contributed by atoms with Gasteiger partial charge < -0.3 is 20.1 Å². The van der Waals surface area contributed by atoms with E-state index >= 15 is 4.39 Å². The van der Waals surface area contributed by atoms with Gasteiger partial charge in [0.2, 0.25) is 0 Å². The smallest absolute Gasteiger partial charge is 0.854 e. The number of thiophene rings is 1. The number of aliphatic hydroxyl groups excluding tert-OH is 2. The van der Waals surface area contributed by atoms with Gasteiger partial charge in [-0.25, -0.2) is 21.4 Å². The normalized spacial score (nSPS) is 12.9. The third kappa shape index (κ3) is 8.77. The van der Waals surface area contributed by atoms with Crippen LogP contribution in [0.2, 0.25) is 5.02 Å². The van der Waals surface area contributed by atoms with Gasteiger partial charge in [0, 0.05) is 55.1 Å². The number of rotatable bonds is 10. The van der Waals surface area contributed by atoms with Crippen molar-refractivity contribution >= 4 is 51.2 Å². The van der Waals surface area contributed by atoms with Gasteiger partial charge in [-0.15, -0.1) is 23.3 Å². The number of hydrogen-bond donors (Lipinski definition) is 2. The first-order chi connectivity index (χ1) is 26.4. The summed E-state index contributed by atoms with van der Waals surface area (Å²) in [7, 11) is 0. The van der Waals surface area contributed by atoms with Gasteiger partial charge in [0.05, 0.1) is 17.2 Å². The molecule has 278 valence electrons. The summed E-state index contributed by atoms with van der Waals surface area (Å²) in [6.45, 7) is 0. The second-order valence-corrected chi connectivity index (χ2v) is 14.7. The number of aromatic nitrogens is 3. The van der Waals surface area contributed by atoms with E-state index in [0.29, 0.717) is 61.8 Å². The standard InChI is InChI=1S/C41H24ClF4IN4O3S.U/c42-27-11-8-22(9-12-27)35-33(39(54-51-35)23-4-1-6-28(47)18-23)38(53)29-7-3-16-50-36(29)40-24(14-17-55-40)19-31(37(52)25-5-2-15-49-21-25)34(48)30-20-26(41(44,45)46)10-13-32(30)43;/h1-18,20-21,37-38,52-53H;/q-2;+2. The molecule has 2 N–H and O–H groups in total. The monoisotopic (exact) mass is 1130 g/mol. The third-order valence-electron chi connectivity index (χ3n) is 8.57. The molecule has 15 heteroatoms. The molecule has 0 aliphatic carbocycles. The van der Waals surface area contributed by atoms with Crippen LogP contribution in [0.5, 0.6) is 0 Å². The predicted molar refractivity (Wildman–Crippen MR) is 211 cm³/mol. The molecule has 0 fully saturated rings. The Morgan fingerprint density at radius 1 is 0.911 bits per heavy atom. The van der Waals surface area contributed by atoms with E-state index in [9.17, 15) is 28.8 Å². The number of nitrogens with zero attached hydrogens (tertiary/aromatic N) is 4. The van der Waals surface area contributed by atoms with Gasteiger partial charge in [0.1, 0.15) is 17.6 Å². The summed E-state index contributed by atoms with van der Waals surface area (Å²) >= 11 is 9.54. The maximum Gasteiger partial charge on any atom is 2.00 e. The van der Waals surface area contributed by atoms with E-state index in [1.165, 1.54) is 42.1 Å². The van der Waals surface area contributed by atoms with E-state index in [1.807, 2.05) is 24.3 Å². The molecule has 7 nitrogen and oxygen atoms in total. The van der Waals surface area contributed by atoms with Crippen molar-refractivity contribution in [2.45, 2.75) is 18.4 Å². The number of aliphatic hydroxyl groups is 2. The molecule has 0 radical (unpaired) electrons. The van der Waals surface area contributed by atoms with Crippen LogP contribution in [0.25, 0.3) is 38.6 Å². The van der Waals surface area contributed by atoms with E-state index in [2.05, 4.69) is 43.8 Å². The van der Waals surface area contributed by atoms with Gasteiger partial charge in [-0.2, -0.15) is 13.2 Å². The van der Waals surface area contributed by atoms with E-state index in [-0.39, 0.29) is 47.9 Å². The molecule has 2 atom stereocenters. The van der Waals surface area contributed by atoms with E-state index in [4.69, 9.17) is 16.1 Å². The first-order valence-corrected chi connectivity index (χ1v) is 18.6. The van der Waals surface area contributed by atoms with Crippen LogP contribution in [0.1, 0.15) is 45.6 Å². The molecule has 0 aliphatic rings. The molecule has 0 saturated heterocycles. The van der Waals surface area contributed by atoms with Crippen molar-refractivity contribution in [2.75, 3.05) is 0 Å². The Kier molecular flexibility index (Phi) is 13.1. The Labute approximate surface area is 364 Å². The fraction of sp³-hybridized carbons (Fsp3) is 0.0732. The maximum atomic E-state index is 15.1. The molecule has 2 unspecified atom stereocenters. The van der Waals surface area contributed by atoms with Gasteiger partial charge >= 0.3 is 37.3 Å². The molecule has 0 saturated carbocycles. The van der Waals surface area contributed by atoms with Crippen molar-refractivity contribution in [2.24, 2.45) is 0 Å². The zero-order chi connectivity index (χ0) is 38.9. The fourth-order valence-electron chi connectivity index (χ4n) is 5.91. The third-order valence-corrected chi connectivity index (χ3v) is 10.4. The van der Waals surface area contributed by atoms with Crippen molar-refractivity contribution in [3.63, 3.8) is 0 Å². The Bertz CT molecular complexity index is 2550. The zero-order valence-corrected chi connectivity index (χ0v) is 36.4. The molecule has 3 aromatic carbocycles. The van der Waals surface area contributed by atoms with E-state index in [0.717, 1.165) is 3.57 Å². The molecular weight excluding hydrogens is 1100 g/mol. The first-order valence-electron chi connectivity index (χ1n) is 16.3. The predicted octanol–water partition coefficient (Wildman–Crippen LogP) is 10.9. The quantitative estimate of drug-likeness (QED) is 0.0610. The van der Waals surface area contributed by atoms with Crippen molar-refractivity contribution in [1.29, 1.82) is 0 Å². The van der Waals surface area contributed by atoms with E-state index < -0.39 is 46.6 Å². The fourth-order valence-corrected chi connectivity index (χ4v) is 7.45. The summed E-state index contributed by atoms with van der Waals surface area (Å²) < 4.78 is 63.0. The second-order valence-electron chi connectivity index (χ2n) is 12.1. The SMILES string of the molecule is [N-]=C(C(=[C-]c1ccsc1-c1ncccc1C(O)c1c(-c2ccc(Cl)cc2)noc1-c1cccc(I)c1)C(O)c1cccnc1)c1cc(C(F)(F)F)ccc1F.[U+2]. The van der Waals surface area contributed by atoms with Gasteiger partial charge in [0.25, 0.3) is 0 Å². The van der Waals surface area contributed by atoms with Crippen molar-refractivity contribution in [3.05, 3.63) is 186 Å². The molecule has 4 aromatic heterocycles. The van der Waals surface area contributed by atoms with Gasteiger partial charge in [-0.3, -0.25) is 9.97 Å². The topological polar surface area (TPSA) is 115 Å². The molecular formula is C41H24ClF4IN4O3SU. The molecule has 7 rings (SSSR count). The first kappa shape index (κ1) is 41.6. The Hall–Kier alpha value is -4.01. The van der Waals surface area contributed by atoms with Crippen LogP contribution in [0.3, 0.4) is 0 Å². The number of benzene rings is 3. The van der Waals surface area contributed by atoms with Crippen LogP contribution >= 0.6 is 45.5 Å². The van der Waals surface area contributed by atoms with Gasteiger partial charge in [-0.1, -0.05) is 64.6 Å². The maximum absolute atomic E-state index is 15.1. The summed E-state index contributed by atoms with van der Waals surface area (Å²) in [6, 6.07) is 23.9. The van der Waals surface area contributed by atoms with Crippen molar-refractivity contribution in [3.8, 4) is 33.2 Å². The molecule has 4 heterocycles. The average Bonchev–Trinajstić information content (AvgIpc) is 3.84. The zero-order valence-electron chi connectivity index (χ0n) is 28.5. The summed E-state index contributed by atoms with van der Waals surface area (Å²) in [5.74, 6) is -0.842. The molecule has 0 amide bonds. The summed E-state index contributed by atoms with van der Waals surface area (Å²) in [4.78, 5) is 9.02. The van der Waals surface area contributed by atoms with Crippen LogP contribution in [0, 0.1) is 46.6 Å². The van der Waals surface area contributed by atoms with Crippen LogP contribution < -0.4 is 0 Å². The van der Waals surface area contributed by atoms with Gasteiger partial charge in [-0.05, 0) is 81.6 Å². The minimum atomic E-state index is -4.84. The van der Waals surface area contributed by atoms with Gasteiger partial charge in [0.15, 0.2) is 5.76 Å². The molecule has 0 aliphatic heterocycles. The number of alkyl halides is 3. The largest absolute Gasteiger partial charge is 2.00 e.